The van der Waals surface area contributed by atoms with E-state index in [1.165, 1.54) is 0 Å². The molecular weight excluding hydrogens is 493 g/mol. The van der Waals surface area contributed by atoms with Gasteiger partial charge >= 0.3 is 0 Å². The van der Waals surface area contributed by atoms with Crippen LogP contribution in [0.4, 0.5) is 10.2 Å². The molecule has 0 spiro atoms. The predicted molar refractivity (Wildman–Crippen MR) is 140 cm³/mol. The number of pyridine rings is 1. The molecule has 4 heterocycles. The Hall–Kier alpha value is -2.82. The number of imidazole rings is 1. The van der Waals surface area contributed by atoms with Crippen LogP contribution in [0.2, 0.25) is 0 Å². The van der Waals surface area contributed by atoms with Gasteiger partial charge in [-0.15, -0.1) is 0 Å². The summed E-state index contributed by atoms with van der Waals surface area (Å²) in [5.74, 6) is 1.13. The number of nitrogens with one attached hydrogen (secondary N) is 1. The van der Waals surface area contributed by atoms with E-state index in [-0.39, 0.29) is 23.6 Å². The van der Waals surface area contributed by atoms with Crippen LogP contribution < -0.4 is 5.32 Å². The molecule has 10 heteroatoms. The third-order valence-corrected chi connectivity index (χ3v) is 9.30. The van der Waals surface area contributed by atoms with Gasteiger partial charge in [-0.1, -0.05) is 25.1 Å². The summed E-state index contributed by atoms with van der Waals surface area (Å²) in [6, 6.07) is 10.3. The first-order valence-electron chi connectivity index (χ1n) is 13.0. The number of hydrogen-bond donors (Lipinski definition) is 1. The Bertz CT molecular complexity index is 1330. The zero-order valence-corrected chi connectivity index (χ0v) is 22.2. The van der Waals surface area contributed by atoms with Gasteiger partial charge in [-0.3, -0.25) is 0 Å². The fraction of sp³-hybridized carbons (Fsp3) is 0.481. The van der Waals surface area contributed by atoms with E-state index in [1.54, 1.807) is 40.8 Å². The van der Waals surface area contributed by atoms with E-state index in [9.17, 15) is 8.42 Å². The number of ether oxygens (including phenoxy) is 1. The first-order chi connectivity index (χ1) is 17.9. The summed E-state index contributed by atoms with van der Waals surface area (Å²) in [5.41, 5.74) is 1.77. The molecule has 0 aliphatic carbocycles. The third-order valence-electron chi connectivity index (χ3n) is 7.39. The van der Waals surface area contributed by atoms with Crippen molar-refractivity contribution >= 4 is 15.8 Å². The molecule has 0 bridgehead atoms. The Balaban J connectivity index is 1.36. The minimum absolute atomic E-state index is 0.0421. The molecule has 198 valence electrons. The van der Waals surface area contributed by atoms with Gasteiger partial charge in [0.25, 0.3) is 0 Å². The Kier molecular flexibility index (Phi) is 7.60. The van der Waals surface area contributed by atoms with Crippen molar-refractivity contribution in [1.82, 2.24) is 18.8 Å². The summed E-state index contributed by atoms with van der Waals surface area (Å²) in [6.45, 7) is 6.11. The third kappa shape index (κ3) is 5.28. The second-order valence-electron chi connectivity index (χ2n) is 9.72. The van der Waals surface area contributed by atoms with E-state index in [0.717, 1.165) is 24.2 Å². The fourth-order valence-corrected chi connectivity index (χ4v) is 6.80. The lowest BCUT2D eigenvalue weighted by Gasteiger charge is -2.32. The zero-order valence-electron chi connectivity index (χ0n) is 21.4. The number of sulfonamides is 1. The SMILES string of the molecule is CCc1cc(F)c(-c2cnc(C)n2C2CCOCC2)nc1NC1CCN(S(=O)(=O)c2ccccc2)CC1. The summed E-state index contributed by atoms with van der Waals surface area (Å²) in [4.78, 5) is 9.58. The van der Waals surface area contributed by atoms with Crippen molar-refractivity contribution in [3.63, 3.8) is 0 Å². The highest BCUT2D eigenvalue weighted by atomic mass is 32.2. The molecule has 37 heavy (non-hydrogen) atoms. The maximum absolute atomic E-state index is 15.4. The van der Waals surface area contributed by atoms with Gasteiger partial charge in [0.1, 0.15) is 17.3 Å². The van der Waals surface area contributed by atoms with Crippen LogP contribution in [-0.2, 0) is 21.2 Å². The molecule has 2 aliphatic heterocycles. The van der Waals surface area contributed by atoms with Crippen LogP contribution in [0.3, 0.4) is 0 Å². The molecule has 2 saturated heterocycles. The Morgan fingerprint density at radius 2 is 1.81 bits per heavy atom. The van der Waals surface area contributed by atoms with Crippen molar-refractivity contribution in [2.45, 2.75) is 62.9 Å². The van der Waals surface area contributed by atoms with Crippen molar-refractivity contribution in [1.29, 1.82) is 0 Å². The quantitative estimate of drug-likeness (QED) is 0.484. The number of hydrogen-bond acceptors (Lipinski definition) is 6. The van der Waals surface area contributed by atoms with Crippen LogP contribution in [0.1, 0.15) is 50.0 Å². The minimum Gasteiger partial charge on any atom is -0.381 e. The minimum atomic E-state index is -3.51. The summed E-state index contributed by atoms with van der Waals surface area (Å²) < 4.78 is 50.5. The maximum atomic E-state index is 15.4. The fourth-order valence-electron chi connectivity index (χ4n) is 5.31. The molecule has 1 N–H and O–H groups in total. The number of aryl methyl sites for hydroxylation is 2. The van der Waals surface area contributed by atoms with Crippen molar-refractivity contribution in [2.75, 3.05) is 31.6 Å². The largest absolute Gasteiger partial charge is 0.381 e. The van der Waals surface area contributed by atoms with Gasteiger partial charge in [0.05, 0.1) is 16.8 Å². The highest BCUT2D eigenvalue weighted by Gasteiger charge is 2.30. The Morgan fingerprint density at radius 1 is 1.11 bits per heavy atom. The number of piperidine rings is 1. The standard InChI is InChI=1S/C27H34FN5O3S/c1-3-20-17-24(28)26(25-18-29-19(2)33(25)22-11-15-36-16-12-22)31-27(20)30-21-9-13-32(14-10-21)37(34,35)23-7-5-4-6-8-23/h4-8,17-18,21-22H,3,9-16H2,1-2H3,(H,30,31). The van der Waals surface area contributed by atoms with Crippen molar-refractivity contribution in [2.24, 2.45) is 0 Å². The number of rotatable bonds is 7. The molecule has 2 fully saturated rings. The topological polar surface area (TPSA) is 89.3 Å². The van der Waals surface area contributed by atoms with E-state index in [2.05, 4.69) is 14.9 Å². The summed E-state index contributed by atoms with van der Waals surface area (Å²) in [6.07, 6.45) is 5.33. The van der Waals surface area contributed by atoms with Crippen molar-refractivity contribution in [3.05, 3.63) is 59.8 Å². The highest BCUT2D eigenvalue weighted by molar-refractivity contribution is 7.89. The number of benzene rings is 1. The number of anilines is 1. The summed E-state index contributed by atoms with van der Waals surface area (Å²) in [5, 5.41) is 3.51. The molecule has 0 unspecified atom stereocenters. The van der Waals surface area contributed by atoms with Gasteiger partial charge in [-0.25, -0.2) is 22.8 Å². The molecule has 0 saturated carbocycles. The monoisotopic (exact) mass is 527 g/mol. The maximum Gasteiger partial charge on any atom is 0.243 e. The molecule has 0 radical (unpaired) electrons. The average molecular weight is 528 g/mol. The lowest BCUT2D eigenvalue weighted by atomic mass is 10.1. The van der Waals surface area contributed by atoms with Crippen LogP contribution in [0.5, 0.6) is 0 Å². The van der Waals surface area contributed by atoms with Gasteiger partial charge in [0.2, 0.25) is 10.0 Å². The average Bonchev–Trinajstić information content (AvgIpc) is 3.31. The highest BCUT2D eigenvalue weighted by Crippen LogP contribution is 2.33. The van der Waals surface area contributed by atoms with E-state index >= 15 is 4.39 Å². The van der Waals surface area contributed by atoms with E-state index < -0.39 is 10.0 Å². The van der Waals surface area contributed by atoms with Gasteiger partial charge in [0, 0.05) is 38.4 Å². The molecule has 5 rings (SSSR count). The van der Waals surface area contributed by atoms with Gasteiger partial charge in [-0.2, -0.15) is 4.31 Å². The molecule has 0 amide bonds. The first kappa shape index (κ1) is 25.8. The molecule has 2 aromatic heterocycles. The molecule has 3 aromatic rings. The molecular formula is C27H34FN5O3S. The molecule has 0 atom stereocenters. The van der Waals surface area contributed by atoms with Crippen LogP contribution in [-0.4, -0.2) is 59.6 Å². The van der Waals surface area contributed by atoms with Crippen molar-refractivity contribution < 1.29 is 17.5 Å². The van der Waals surface area contributed by atoms with Crippen LogP contribution in [0, 0.1) is 12.7 Å². The van der Waals surface area contributed by atoms with E-state index in [4.69, 9.17) is 9.72 Å². The Morgan fingerprint density at radius 3 is 2.49 bits per heavy atom. The van der Waals surface area contributed by atoms with Gasteiger partial charge < -0.3 is 14.6 Å². The second kappa shape index (κ2) is 10.9. The molecule has 2 aliphatic rings. The number of aromatic nitrogens is 3. The first-order valence-corrected chi connectivity index (χ1v) is 14.5. The van der Waals surface area contributed by atoms with E-state index in [1.807, 2.05) is 19.9 Å². The van der Waals surface area contributed by atoms with Crippen LogP contribution in [0.25, 0.3) is 11.4 Å². The lowest BCUT2D eigenvalue weighted by molar-refractivity contribution is 0.0694. The molecule has 1 aromatic carbocycles. The normalized spacial score (nSPS) is 18.2. The molecule has 8 nitrogen and oxygen atoms in total. The van der Waals surface area contributed by atoms with Gasteiger partial charge in [0.15, 0.2) is 5.82 Å². The van der Waals surface area contributed by atoms with Crippen LogP contribution >= 0.6 is 0 Å². The summed E-state index contributed by atoms with van der Waals surface area (Å²) >= 11 is 0. The number of halogens is 1. The van der Waals surface area contributed by atoms with Crippen molar-refractivity contribution in [3.8, 4) is 11.4 Å². The Labute approximate surface area is 217 Å². The lowest BCUT2D eigenvalue weighted by Crippen LogP contribution is -2.42. The smallest absolute Gasteiger partial charge is 0.243 e. The number of nitrogens with zero attached hydrogens (tertiary/aromatic N) is 4. The van der Waals surface area contributed by atoms with E-state index in [0.29, 0.717) is 62.0 Å². The van der Waals surface area contributed by atoms with Gasteiger partial charge in [-0.05, 0) is 62.8 Å². The second-order valence-corrected chi connectivity index (χ2v) is 11.7. The predicted octanol–water partition coefficient (Wildman–Crippen LogP) is 4.57. The van der Waals surface area contributed by atoms with Crippen LogP contribution in [0.15, 0.2) is 47.5 Å². The zero-order chi connectivity index (χ0) is 26.0. The summed E-state index contributed by atoms with van der Waals surface area (Å²) in [7, 11) is -3.51.